The second kappa shape index (κ2) is 12.6. The number of ether oxygens (including phenoxy) is 3. The lowest BCUT2D eigenvalue weighted by molar-refractivity contribution is -0.132. The molecule has 3 aromatic rings. The number of anilines is 1. The summed E-state index contributed by atoms with van der Waals surface area (Å²) in [5.41, 5.74) is 1.11. The number of ketones is 1. The van der Waals surface area contributed by atoms with Gasteiger partial charge >= 0.3 is 11.9 Å². The van der Waals surface area contributed by atoms with E-state index in [-0.39, 0.29) is 21.3 Å². The van der Waals surface area contributed by atoms with Crippen LogP contribution < -0.4 is 14.4 Å². The van der Waals surface area contributed by atoms with Crippen LogP contribution in [0.15, 0.2) is 66.8 Å². The van der Waals surface area contributed by atoms with Crippen molar-refractivity contribution in [1.82, 2.24) is 4.98 Å². The molecule has 2 aromatic carbocycles. The number of amides is 1. The highest BCUT2D eigenvalue weighted by Crippen LogP contribution is 2.44. The third kappa shape index (κ3) is 5.76. The molecule has 1 aliphatic heterocycles. The largest absolute Gasteiger partial charge is 0.507 e. The average molecular weight is 563 g/mol. The molecule has 2 heterocycles. The lowest BCUT2D eigenvalue weighted by Crippen LogP contribution is -2.29. The summed E-state index contributed by atoms with van der Waals surface area (Å²) in [7, 11) is 1.25. The van der Waals surface area contributed by atoms with E-state index in [0.29, 0.717) is 41.5 Å². The fourth-order valence-electron chi connectivity index (χ4n) is 4.24. The number of aliphatic hydroxyl groups excluding tert-OH is 1. The SMILES string of the molecule is C=CCOc1ccc(C2C(=C(O)c3cccc(OCCCC)c3)C(=O)C(=O)N2c2nc(C)c(C(=O)OC)s2)cc1. The highest BCUT2D eigenvalue weighted by atomic mass is 32.1. The van der Waals surface area contributed by atoms with Crippen LogP contribution in [-0.4, -0.2) is 48.1 Å². The molecule has 0 aliphatic carbocycles. The predicted octanol–water partition coefficient (Wildman–Crippen LogP) is 5.61. The molecule has 1 aromatic heterocycles. The Labute approximate surface area is 236 Å². The zero-order valence-corrected chi connectivity index (χ0v) is 23.3. The summed E-state index contributed by atoms with van der Waals surface area (Å²) in [4.78, 5) is 45.0. The maximum atomic E-state index is 13.5. The first kappa shape index (κ1) is 28.6. The molecule has 0 radical (unpaired) electrons. The quantitative estimate of drug-likeness (QED) is 0.0801. The van der Waals surface area contributed by atoms with Crippen LogP contribution in [0.3, 0.4) is 0 Å². The van der Waals surface area contributed by atoms with Gasteiger partial charge in [-0.2, -0.15) is 0 Å². The maximum Gasteiger partial charge on any atom is 0.350 e. The molecule has 40 heavy (non-hydrogen) atoms. The minimum absolute atomic E-state index is 0.108. The lowest BCUT2D eigenvalue weighted by atomic mass is 9.95. The Morgan fingerprint density at radius 2 is 1.90 bits per heavy atom. The molecule has 9 nitrogen and oxygen atoms in total. The zero-order valence-electron chi connectivity index (χ0n) is 22.5. The van der Waals surface area contributed by atoms with Crippen LogP contribution in [0, 0.1) is 6.92 Å². The molecule has 1 aliphatic rings. The lowest BCUT2D eigenvalue weighted by Gasteiger charge is -2.23. The first-order valence-electron chi connectivity index (χ1n) is 12.7. The van der Waals surface area contributed by atoms with E-state index in [0.717, 1.165) is 24.2 Å². The number of Topliss-reactive ketones (excluding diaryl/α,β-unsaturated/α-hetero) is 1. The monoisotopic (exact) mass is 562 g/mol. The van der Waals surface area contributed by atoms with E-state index in [2.05, 4.69) is 18.5 Å². The van der Waals surface area contributed by atoms with E-state index in [1.54, 1.807) is 61.5 Å². The van der Waals surface area contributed by atoms with E-state index in [1.165, 1.54) is 12.0 Å². The van der Waals surface area contributed by atoms with Crippen LogP contribution in [0.1, 0.15) is 52.3 Å². The summed E-state index contributed by atoms with van der Waals surface area (Å²) in [6, 6.07) is 12.5. The van der Waals surface area contributed by atoms with E-state index in [1.807, 2.05) is 0 Å². The minimum Gasteiger partial charge on any atom is -0.507 e. The Bertz CT molecular complexity index is 1460. The zero-order chi connectivity index (χ0) is 28.8. The molecular weight excluding hydrogens is 532 g/mol. The van der Waals surface area contributed by atoms with Gasteiger partial charge in [-0.15, -0.1) is 0 Å². The van der Waals surface area contributed by atoms with Crippen LogP contribution >= 0.6 is 11.3 Å². The van der Waals surface area contributed by atoms with Gasteiger partial charge in [0, 0.05) is 5.56 Å². The summed E-state index contributed by atoms with van der Waals surface area (Å²) in [6.07, 6.45) is 3.45. The summed E-state index contributed by atoms with van der Waals surface area (Å²) >= 11 is 0.938. The van der Waals surface area contributed by atoms with Crippen molar-refractivity contribution in [2.45, 2.75) is 32.7 Å². The summed E-state index contributed by atoms with van der Waals surface area (Å²) < 4.78 is 16.2. The van der Waals surface area contributed by atoms with Gasteiger partial charge in [-0.05, 0) is 43.2 Å². The number of carbonyl (C=O) groups excluding carboxylic acids is 3. The number of benzene rings is 2. The van der Waals surface area contributed by atoms with Crippen molar-refractivity contribution in [2.24, 2.45) is 0 Å². The first-order chi connectivity index (χ1) is 19.3. The van der Waals surface area contributed by atoms with Crippen LogP contribution in [0.2, 0.25) is 0 Å². The number of hydrogen-bond acceptors (Lipinski definition) is 9. The standard InChI is InChI=1S/C30H30N2O7S/c1-5-7-16-39-22-10-8-9-20(17-22)25(33)23-24(19-11-13-21(14-12-19)38-15-6-2)32(28(35)26(23)34)30-31-18(3)27(40-30)29(36)37-4/h6,8-14,17,24,33H,2,5,7,15-16H2,1,3-4H3. The molecule has 1 fully saturated rings. The van der Waals surface area contributed by atoms with Crippen molar-refractivity contribution in [1.29, 1.82) is 0 Å². The number of aromatic nitrogens is 1. The van der Waals surface area contributed by atoms with Gasteiger partial charge in [0.1, 0.15) is 28.7 Å². The van der Waals surface area contributed by atoms with Crippen molar-refractivity contribution in [3.05, 3.63) is 88.5 Å². The Hall–Kier alpha value is -4.44. The van der Waals surface area contributed by atoms with Gasteiger partial charge < -0.3 is 19.3 Å². The normalized spacial score (nSPS) is 16.2. The van der Waals surface area contributed by atoms with Crippen LogP contribution in [0.25, 0.3) is 5.76 Å². The molecule has 1 saturated heterocycles. The number of aliphatic hydroxyl groups is 1. The molecular formula is C30H30N2O7S. The fourth-order valence-corrected chi connectivity index (χ4v) is 5.25. The second-order valence-electron chi connectivity index (χ2n) is 8.97. The van der Waals surface area contributed by atoms with Gasteiger partial charge in [0.25, 0.3) is 5.78 Å². The average Bonchev–Trinajstić information content (AvgIpc) is 3.47. The third-order valence-corrected chi connectivity index (χ3v) is 7.38. The molecule has 208 valence electrons. The van der Waals surface area contributed by atoms with Crippen molar-refractivity contribution in [3.63, 3.8) is 0 Å². The van der Waals surface area contributed by atoms with Gasteiger partial charge in [-0.25, -0.2) is 9.78 Å². The van der Waals surface area contributed by atoms with Gasteiger partial charge in [0.05, 0.1) is 31.0 Å². The maximum absolute atomic E-state index is 13.5. The van der Waals surface area contributed by atoms with Crippen LogP contribution in [0.4, 0.5) is 5.13 Å². The molecule has 4 rings (SSSR count). The van der Waals surface area contributed by atoms with E-state index in [4.69, 9.17) is 14.2 Å². The Kier molecular flexibility index (Phi) is 9.00. The number of aryl methyl sites for hydroxylation is 1. The van der Waals surface area contributed by atoms with Gasteiger partial charge in [-0.3, -0.25) is 14.5 Å². The Morgan fingerprint density at radius 1 is 1.15 bits per heavy atom. The summed E-state index contributed by atoms with van der Waals surface area (Å²) in [5, 5.41) is 11.6. The number of carbonyl (C=O) groups is 3. The van der Waals surface area contributed by atoms with Crippen LogP contribution in [0.5, 0.6) is 11.5 Å². The highest BCUT2D eigenvalue weighted by Gasteiger charge is 2.48. The molecule has 1 N–H and O–H groups in total. The molecule has 1 amide bonds. The second-order valence-corrected chi connectivity index (χ2v) is 9.95. The Balaban J connectivity index is 1.84. The molecule has 0 spiro atoms. The molecule has 1 unspecified atom stereocenters. The van der Waals surface area contributed by atoms with Crippen LogP contribution in [-0.2, 0) is 14.3 Å². The number of nitrogens with zero attached hydrogens (tertiary/aromatic N) is 2. The Morgan fingerprint density at radius 3 is 2.58 bits per heavy atom. The number of thiazole rings is 1. The highest BCUT2D eigenvalue weighted by molar-refractivity contribution is 7.17. The number of hydrogen-bond donors (Lipinski definition) is 1. The van der Waals surface area contributed by atoms with Crippen molar-refractivity contribution >= 4 is 39.9 Å². The van der Waals surface area contributed by atoms with E-state index < -0.39 is 23.7 Å². The third-order valence-electron chi connectivity index (χ3n) is 6.24. The molecule has 0 bridgehead atoms. The molecule has 10 heteroatoms. The van der Waals surface area contributed by atoms with Gasteiger partial charge in [0.2, 0.25) is 0 Å². The van der Waals surface area contributed by atoms with Crippen molar-refractivity contribution in [3.8, 4) is 11.5 Å². The van der Waals surface area contributed by atoms with Crippen molar-refractivity contribution in [2.75, 3.05) is 25.2 Å². The molecule has 1 atom stereocenters. The number of unbranched alkanes of at least 4 members (excludes halogenated alkanes) is 1. The number of esters is 1. The predicted molar refractivity (Wildman–Crippen MR) is 152 cm³/mol. The van der Waals surface area contributed by atoms with Gasteiger partial charge in [0.15, 0.2) is 5.13 Å². The smallest absolute Gasteiger partial charge is 0.350 e. The number of rotatable bonds is 11. The fraction of sp³-hybridized carbons (Fsp3) is 0.267. The number of methoxy groups -OCH3 is 1. The van der Waals surface area contributed by atoms with E-state index >= 15 is 0 Å². The topological polar surface area (TPSA) is 115 Å². The molecule has 0 saturated carbocycles. The van der Waals surface area contributed by atoms with E-state index in [9.17, 15) is 19.5 Å². The minimum atomic E-state index is -1.02. The summed E-state index contributed by atoms with van der Waals surface area (Å²) in [5.74, 6) is -1.60. The summed E-state index contributed by atoms with van der Waals surface area (Å²) in [6.45, 7) is 8.14. The first-order valence-corrected chi connectivity index (χ1v) is 13.6. The van der Waals surface area contributed by atoms with Crippen molar-refractivity contribution < 1.29 is 33.7 Å². The van der Waals surface area contributed by atoms with Gasteiger partial charge in [-0.1, -0.05) is 61.6 Å².